The molecule has 0 saturated heterocycles. The first-order chi connectivity index (χ1) is 11.0. The third kappa shape index (κ3) is 5.67. The largest absolute Gasteiger partial charge is 0.491 e. The zero-order chi connectivity index (χ0) is 16.7. The van der Waals surface area contributed by atoms with Gasteiger partial charge in [0, 0.05) is 0 Å². The van der Waals surface area contributed by atoms with Crippen molar-refractivity contribution in [1.82, 2.24) is 0 Å². The van der Waals surface area contributed by atoms with Crippen molar-refractivity contribution in [2.24, 2.45) is 0 Å². The molecule has 0 aliphatic rings. The Morgan fingerprint density at radius 1 is 1.00 bits per heavy atom. The summed E-state index contributed by atoms with van der Waals surface area (Å²) >= 11 is 0. The van der Waals surface area contributed by atoms with Crippen LogP contribution in [0.4, 0.5) is 0 Å². The number of hydrogen-bond acceptors (Lipinski definition) is 3. The van der Waals surface area contributed by atoms with E-state index in [9.17, 15) is 10.2 Å². The van der Waals surface area contributed by atoms with E-state index in [1.54, 1.807) is 0 Å². The summed E-state index contributed by atoms with van der Waals surface area (Å²) in [6.45, 7) is 4.67. The summed E-state index contributed by atoms with van der Waals surface area (Å²) in [5.41, 5.74) is 2.02. The average Bonchev–Trinajstić information content (AvgIpc) is 2.59. The normalized spacial score (nSPS) is 12.9. The third-order valence-corrected chi connectivity index (χ3v) is 3.75. The minimum absolute atomic E-state index is 0.0710. The van der Waals surface area contributed by atoms with Crippen molar-refractivity contribution in [3.05, 3.63) is 54.6 Å². The molecule has 2 rings (SSSR count). The number of hydrogen-bond donors (Lipinski definition) is 3. The van der Waals surface area contributed by atoms with Crippen LogP contribution in [0.3, 0.4) is 0 Å². The lowest BCUT2D eigenvalue weighted by Crippen LogP contribution is -2.97. The van der Waals surface area contributed by atoms with Gasteiger partial charge in [-0.25, -0.2) is 0 Å². The highest BCUT2D eigenvalue weighted by Gasteiger charge is 2.21. The summed E-state index contributed by atoms with van der Waals surface area (Å²) in [4.78, 5) is 0. The molecule has 4 nitrogen and oxygen atoms in total. The van der Waals surface area contributed by atoms with Crippen LogP contribution in [0, 0.1) is 0 Å². The molecule has 0 radical (unpaired) electrons. The number of rotatable bonds is 8. The number of quaternary nitrogens is 1. The quantitative estimate of drug-likeness (QED) is 0.690. The first kappa shape index (κ1) is 17.5. The summed E-state index contributed by atoms with van der Waals surface area (Å²) in [5.74, 6) is 0.741. The van der Waals surface area contributed by atoms with Gasteiger partial charge in [0.1, 0.15) is 30.5 Å². The van der Waals surface area contributed by atoms with Crippen molar-refractivity contribution in [3.63, 3.8) is 0 Å². The van der Waals surface area contributed by atoms with E-state index in [2.05, 4.69) is 12.1 Å². The van der Waals surface area contributed by atoms with Crippen molar-refractivity contribution in [3.8, 4) is 16.9 Å². The van der Waals surface area contributed by atoms with Crippen LogP contribution >= 0.6 is 0 Å². The highest BCUT2D eigenvalue weighted by Crippen LogP contribution is 2.22. The van der Waals surface area contributed by atoms with Gasteiger partial charge >= 0.3 is 0 Å². The SMILES string of the molecule is CC(C)(CO)[NH2+]C[C@@H](O)COc1ccc(-c2ccccc2)cc1. The van der Waals surface area contributed by atoms with E-state index in [-0.39, 0.29) is 18.8 Å². The molecule has 0 aliphatic carbocycles. The zero-order valence-electron chi connectivity index (χ0n) is 13.8. The Balaban J connectivity index is 1.82. The fourth-order valence-corrected chi connectivity index (χ4v) is 2.15. The van der Waals surface area contributed by atoms with Crippen molar-refractivity contribution in [2.45, 2.75) is 25.5 Å². The van der Waals surface area contributed by atoms with Crippen LogP contribution < -0.4 is 10.1 Å². The van der Waals surface area contributed by atoms with Crippen LogP contribution in [0.1, 0.15) is 13.8 Å². The van der Waals surface area contributed by atoms with Crippen LogP contribution in [0.25, 0.3) is 11.1 Å². The fourth-order valence-electron chi connectivity index (χ4n) is 2.15. The topological polar surface area (TPSA) is 66.3 Å². The maximum absolute atomic E-state index is 9.96. The molecule has 4 N–H and O–H groups in total. The predicted octanol–water partition coefficient (Wildman–Crippen LogP) is 1.43. The number of aliphatic hydroxyl groups is 2. The second-order valence-electron chi connectivity index (χ2n) is 6.44. The third-order valence-electron chi connectivity index (χ3n) is 3.75. The number of nitrogens with two attached hydrogens (primary N) is 1. The molecule has 0 unspecified atom stereocenters. The molecule has 0 fully saturated rings. The minimum atomic E-state index is -0.574. The van der Waals surface area contributed by atoms with E-state index in [0.717, 1.165) is 11.3 Å². The van der Waals surface area contributed by atoms with Crippen LogP contribution in [0.5, 0.6) is 5.75 Å². The molecular weight excluding hydrogens is 290 g/mol. The van der Waals surface area contributed by atoms with Gasteiger partial charge in [0.05, 0.1) is 6.61 Å². The number of aliphatic hydroxyl groups excluding tert-OH is 2. The van der Waals surface area contributed by atoms with Gasteiger partial charge in [-0.1, -0.05) is 42.5 Å². The van der Waals surface area contributed by atoms with Crippen molar-refractivity contribution in [2.75, 3.05) is 19.8 Å². The van der Waals surface area contributed by atoms with Crippen LogP contribution in [-0.4, -0.2) is 41.6 Å². The highest BCUT2D eigenvalue weighted by atomic mass is 16.5. The molecule has 23 heavy (non-hydrogen) atoms. The Hall–Kier alpha value is -1.88. The molecule has 2 aromatic carbocycles. The number of benzene rings is 2. The molecule has 0 aromatic heterocycles. The Kier molecular flexibility index (Phi) is 6.16. The second-order valence-corrected chi connectivity index (χ2v) is 6.44. The van der Waals surface area contributed by atoms with Gasteiger partial charge in [0.25, 0.3) is 0 Å². The minimum Gasteiger partial charge on any atom is -0.491 e. The van der Waals surface area contributed by atoms with Gasteiger partial charge in [-0.05, 0) is 37.1 Å². The van der Waals surface area contributed by atoms with Crippen molar-refractivity contribution < 1.29 is 20.3 Å². The van der Waals surface area contributed by atoms with Crippen LogP contribution in [0.2, 0.25) is 0 Å². The fraction of sp³-hybridized carbons (Fsp3) is 0.368. The Morgan fingerprint density at radius 2 is 1.61 bits per heavy atom. The van der Waals surface area contributed by atoms with Gasteiger partial charge < -0.3 is 20.3 Å². The lowest BCUT2D eigenvalue weighted by molar-refractivity contribution is -0.727. The molecule has 124 valence electrons. The standard InChI is InChI=1S/C19H25NO3/c1-19(2,14-21)20-12-17(22)13-23-18-10-8-16(9-11-18)15-6-4-3-5-7-15/h3-11,17,20-22H,12-14H2,1-2H3/p+1/t17-/m1/s1. The van der Waals surface area contributed by atoms with Crippen molar-refractivity contribution >= 4 is 0 Å². The maximum atomic E-state index is 9.96. The van der Waals surface area contributed by atoms with E-state index in [4.69, 9.17) is 4.74 Å². The summed E-state index contributed by atoms with van der Waals surface area (Å²) < 4.78 is 5.63. The molecular formula is C19H26NO3+. The van der Waals surface area contributed by atoms with Crippen LogP contribution in [0.15, 0.2) is 54.6 Å². The van der Waals surface area contributed by atoms with E-state index in [1.165, 1.54) is 5.56 Å². The molecule has 2 aromatic rings. The van der Waals surface area contributed by atoms with E-state index < -0.39 is 6.10 Å². The highest BCUT2D eigenvalue weighted by molar-refractivity contribution is 5.63. The first-order valence-corrected chi connectivity index (χ1v) is 7.92. The summed E-state index contributed by atoms with van der Waals surface area (Å²) in [7, 11) is 0. The average molecular weight is 316 g/mol. The monoisotopic (exact) mass is 316 g/mol. The summed E-state index contributed by atoms with van der Waals surface area (Å²) in [5, 5.41) is 21.1. The summed E-state index contributed by atoms with van der Waals surface area (Å²) in [6, 6.07) is 18.0. The van der Waals surface area contributed by atoms with E-state index in [1.807, 2.05) is 61.6 Å². The Labute approximate surface area is 137 Å². The molecule has 0 spiro atoms. The van der Waals surface area contributed by atoms with E-state index >= 15 is 0 Å². The molecule has 1 atom stereocenters. The van der Waals surface area contributed by atoms with Crippen molar-refractivity contribution in [1.29, 1.82) is 0 Å². The first-order valence-electron chi connectivity index (χ1n) is 7.92. The van der Waals surface area contributed by atoms with Gasteiger partial charge in [-0.15, -0.1) is 0 Å². The Morgan fingerprint density at radius 3 is 2.22 bits per heavy atom. The van der Waals surface area contributed by atoms with Gasteiger partial charge in [-0.2, -0.15) is 0 Å². The molecule has 0 heterocycles. The molecule has 0 amide bonds. The maximum Gasteiger partial charge on any atom is 0.137 e. The zero-order valence-corrected chi connectivity index (χ0v) is 13.8. The lowest BCUT2D eigenvalue weighted by atomic mass is 10.1. The lowest BCUT2D eigenvalue weighted by Gasteiger charge is -2.21. The Bertz CT molecular complexity index is 581. The molecule has 4 heteroatoms. The van der Waals surface area contributed by atoms with Gasteiger partial charge in [0.15, 0.2) is 0 Å². The van der Waals surface area contributed by atoms with Gasteiger partial charge in [0.2, 0.25) is 0 Å². The second kappa shape index (κ2) is 8.11. The van der Waals surface area contributed by atoms with Gasteiger partial charge in [-0.3, -0.25) is 0 Å². The predicted molar refractivity (Wildman–Crippen MR) is 91.3 cm³/mol. The molecule has 0 bridgehead atoms. The van der Waals surface area contributed by atoms with Crippen LogP contribution in [-0.2, 0) is 0 Å². The molecule has 0 saturated carbocycles. The van der Waals surface area contributed by atoms with E-state index in [0.29, 0.717) is 6.54 Å². The summed E-state index contributed by atoms with van der Waals surface area (Å²) in [6.07, 6.45) is -0.574. The smallest absolute Gasteiger partial charge is 0.137 e. The molecule has 0 aliphatic heterocycles. The number of ether oxygens (including phenoxy) is 1.